The fourth-order valence-electron chi connectivity index (χ4n) is 1.52. The lowest BCUT2D eigenvalue weighted by Gasteiger charge is -2.10. The number of aliphatic carboxylic acids is 1. The normalized spacial score (nSPS) is 10.0. The monoisotopic (exact) mass is 282 g/mol. The summed E-state index contributed by atoms with van der Waals surface area (Å²) in [4.78, 5) is 22.9. The molecule has 5 nitrogen and oxygen atoms in total. The van der Waals surface area contributed by atoms with E-state index in [1.54, 1.807) is 11.8 Å². The molecule has 0 heterocycles. The van der Waals surface area contributed by atoms with Crippen LogP contribution < -0.4 is 10.6 Å². The highest BCUT2D eigenvalue weighted by molar-refractivity contribution is 7.98. The second-order valence-corrected chi connectivity index (χ2v) is 4.92. The van der Waals surface area contributed by atoms with Crippen LogP contribution in [0, 0.1) is 6.92 Å². The zero-order valence-corrected chi connectivity index (χ0v) is 11.8. The van der Waals surface area contributed by atoms with Crippen LogP contribution in [0.3, 0.4) is 0 Å². The SMILES string of the molecule is CSc1cc(C)ccc1CNC(=O)NCCC(=O)O. The quantitative estimate of drug-likeness (QED) is 0.697. The molecular weight excluding hydrogens is 264 g/mol. The summed E-state index contributed by atoms with van der Waals surface area (Å²) >= 11 is 1.63. The Bertz CT molecular complexity index is 463. The minimum atomic E-state index is -0.927. The highest BCUT2D eigenvalue weighted by Crippen LogP contribution is 2.21. The fraction of sp³-hybridized carbons (Fsp3) is 0.385. The molecular formula is C13H18N2O3S. The number of hydrogen-bond donors (Lipinski definition) is 3. The van der Waals surface area contributed by atoms with Crippen LogP contribution in [-0.2, 0) is 11.3 Å². The van der Waals surface area contributed by atoms with Crippen molar-refractivity contribution < 1.29 is 14.7 Å². The predicted molar refractivity (Wildman–Crippen MR) is 75.5 cm³/mol. The topological polar surface area (TPSA) is 78.4 Å². The van der Waals surface area contributed by atoms with E-state index < -0.39 is 5.97 Å². The van der Waals surface area contributed by atoms with E-state index in [2.05, 4.69) is 16.7 Å². The number of carboxylic acids is 1. The van der Waals surface area contributed by atoms with Crippen molar-refractivity contribution in [3.8, 4) is 0 Å². The number of thioether (sulfide) groups is 1. The second-order valence-electron chi connectivity index (χ2n) is 4.07. The Hall–Kier alpha value is -1.69. The summed E-state index contributed by atoms with van der Waals surface area (Å²) in [6.07, 6.45) is 1.92. The summed E-state index contributed by atoms with van der Waals surface area (Å²) in [5, 5.41) is 13.7. The molecule has 0 atom stereocenters. The van der Waals surface area contributed by atoms with E-state index in [-0.39, 0.29) is 19.0 Å². The molecule has 3 N–H and O–H groups in total. The van der Waals surface area contributed by atoms with Crippen molar-refractivity contribution in [3.05, 3.63) is 29.3 Å². The van der Waals surface area contributed by atoms with Gasteiger partial charge in [-0.1, -0.05) is 12.1 Å². The largest absolute Gasteiger partial charge is 0.481 e. The highest BCUT2D eigenvalue weighted by Gasteiger charge is 2.05. The number of carbonyl (C=O) groups is 2. The van der Waals surface area contributed by atoms with E-state index in [1.807, 2.05) is 25.3 Å². The molecule has 0 saturated carbocycles. The van der Waals surface area contributed by atoms with E-state index in [0.717, 1.165) is 10.5 Å². The Labute approximate surface area is 116 Å². The van der Waals surface area contributed by atoms with Gasteiger partial charge in [0.1, 0.15) is 0 Å². The first-order chi connectivity index (χ1) is 9.02. The van der Waals surface area contributed by atoms with Crippen molar-refractivity contribution in [3.63, 3.8) is 0 Å². The lowest BCUT2D eigenvalue weighted by atomic mass is 10.1. The molecule has 2 amide bonds. The maximum absolute atomic E-state index is 11.4. The Morgan fingerprint density at radius 1 is 1.32 bits per heavy atom. The third-order valence-corrected chi connectivity index (χ3v) is 3.33. The third kappa shape index (κ3) is 5.65. The van der Waals surface area contributed by atoms with Crippen molar-refractivity contribution in [1.29, 1.82) is 0 Å². The Kier molecular flexibility index (Phi) is 6.21. The van der Waals surface area contributed by atoms with Crippen molar-refractivity contribution in [2.75, 3.05) is 12.8 Å². The van der Waals surface area contributed by atoms with Crippen LogP contribution in [0.2, 0.25) is 0 Å². The van der Waals surface area contributed by atoms with E-state index in [0.29, 0.717) is 6.54 Å². The number of amides is 2. The third-order valence-electron chi connectivity index (χ3n) is 2.51. The number of rotatable bonds is 6. The van der Waals surface area contributed by atoms with Gasteiger partial charge in [0.2, 0.25) is 0 Å². The molecule has 0 unspecified atom stereocenters. The summed E-state index contributed by atoms with van der Waals surface area (Å²) < 4.78 is 0. The van der Waals surface area contributed by atoms with E-state index in [9.17, 15) is 9.59 Å². The zero-order valence-electron chi connectivity index (χ0n) is 11.0. The average Bonchev–Trinajstić information content (AvgIpc) is 2.36. The Morgan fingerprint density at radius 2 is 2.05 bits per heavy atom. The number of benzene rings is 1. The molecule has 104 valence electrons. The van der Waals surface area contributed by atoms with Crippen LogP contribution in [0.4, 0.5) is 4.79 Å². The molecule has 6 heteroatoms. The van der Waals surface area contributed by atoms with Gasteiger partial charge in [0.15, 0.2) is 0 Å². The summed E-state index contributed by atoms with van der Waals surface area (Å²) in [6, 6.07) is 5.70. The minimum absolute atomic E-state index is 0.0754. The molecule has 0 bridgehead atoms. The first-order valence-electron chi connectivity index (χ1n) is 5.90. The number of urea groups is 1. The number of carboxylic acid groups (broad SMARTS) is 1. The van der Waals surface area contributed by atoms with Crippen LogP contribution in [0.15, 0.2) is 23.1 Å². The van der Waals surface area contributed by atoms with Gasteiger partial charge in [-0.25, -0.2) is 4.79 Å². The first kappa shape index (κ1) is 15.4. The summed E-state index contributed by atoms with van der Waals surface area (Å²) in [7, 11) is 0. The zero-order chi connectivity index (χ0) is 14.3. The molecule has 0 aliphatic heterocycles. The van der Waals surface area contributed by atoms with Gasteiger partial charge in [0.25, 0.3) is 0 Å². The Morgan fingerprint density at radius 3 is 2.68 bits per heavy atom. The molecule has 19 heavy (non-hydrogen) atoms. The molecule has 1 aromatic rings. The number of hydrogen-bond acceptors (Lipinski definition) is 3. The lowest BCUT2D eigenvalue weighted by molar-refractivity contribution is -0.136. The first-order valence-corrected chi connectivity index (χ1v) is 7.12. The van der Waals surface area contributed by atoms with Crippen molar-refractivity contribution in [2.45, 2.75) is 24.8 Å². The molecule has 1 rings (SSSR count). The van der Waals surface area contributed by atoms with Crippen LogP contribution in [0.25, 0.3) is 0 Å². The molecule has 1 aromatic carbocycles. The van der Waals surface area contributed by atoms with E-state index in [4.69, 9.17) is 5.11 Å². The summed E-state index contributed by atoms with van der Waals surface area (Å²) in [6.45, 7) is 2.58. The minimum Gasteiger partial charge on any atom is -0.481 e. The fourth-order valence-corrected chi connectivity index (χ4v) is 2.22. The maximum atomic E-state index is 11.4. The molecule has 0 fully saturated rings. The summed E-state index contributed by atoms with van der Waals surface area (Å²) in [5.41, 5.74) is 2.23. The van der Waals surface area contributed by atoms with Gasteiger partial charge in [-0.05, 0) is 30.4 Å². The van der Waals surface area contributed by atoms with Crippen molar-refractivity contribution >= 4 is 23.8 Å². The van der Waals surface area contributed by atoms with Crippen LogP contribution in [0.5, 0.6) is 0 Å². The van der Waals surface area contributed by atoms with Crippen LogP contribution >= 0.6 is 11.8 Å². The molecule has 0 saturated heterocycles. The van der Waals surface area contributed by atoms with Gasteiger partial charge in [-0.15, -0.1) is 11.8 Å². The summed E-state index contributed by atoms with van der Waals surface area (Å²) in [5.74, 6) is -0.927. The molecule has 0 aliphatic carbocycles. The number of carbonyl (C=O) groups excluding carboxylic acids is 1. The molecule has 0 aromatic heterocycles. The van der Waals surface area contributed by atoms with Crippen molar-refractivity contribution in [1.82, 2.24) is 10.6 Å². The number of aryl methyl sites for hydroxylation is 1. The van der Waals surface area contributed by atoms with Gasteiger partial charge < -0.3 is 15.7 Å². The van der Waals surface area contributed by atoms with Gasteiger partial charge in [-0.2, -0.15) is 0 Å². The van der Waals surface area contributed by atoms with Crippen molar-refractivity contribution in [2.24, 2.45) is 0 Å². The van der Waals surface area contributed by atoms with E-state index >= 15 is 0 Å². The van der Waals surface area contributed by atoms with Crippen LogP contribution in [0.1, 0.15) is 17.5 Å². The van der Waals surface area contributed by atoms with Gasteiger partial charge >= 0.3 is 12.0 Å². The number of nitrogens with one attached hydrogen (secondary N) is 2. The molecule has 0 aliphatic rings. The van der Waals surface area contributed by atoms with Crippen LogP contribution in [-0.4, -0.2) is 29.9 Å². The second kappa shape index (κ2) is 7.68. The predicted octanol–water partition coefficient (Wildman–Crippen LogP) is 1.99. The Balaban J connectivity index is 2.43. The van der Waals surface area contributed by atoms with Gasteiger partial charge in [0.05, 0.1) is 6.42 Å². The maximum Gasteiger partial charge on any atom is 0.315 e. The molecule has 0 radical (unpaired) electrons. The molecule has 0 spiro atoms. The smallest absolute Gasteiger partial charge is 0.315 e. The lowest BCUT2D eigenvalue weighted by Crippen LogP contribution is -2.36. The highest BCUT2D eigenvalue weighted by atomic mass is 32.2. The standard InChI is InChI=1S/C13H18N2O3S/c1-9-3-4-10(11(7-9)19-2)8-15-13(18)14-6-5-12(16)17/h3-4,7H,5-6,8H2,1-2H3,(H,16,17)(H2,14,15,18). The van der Waals surface area contributed by atoms with E-state index in [1.165, 1.54) is 5.56 Å². The van der Waals surface area contributed by atoms with Gasteiger partial charge in [0, 0.05) is 18.0 Å². The average molecular weight is 282 g/mol. The van der Waals surface area contributed by atoms with Gasteiger partial charge in [-0.3, -0.25) is 4.79 Å².